The summed E-state index contributed by atoms with van der Waals surface area (Å²) in [4.78, 5) is 24.9. The van der Waals surface area contributed by atoms with Crippen LogP contribution in [0.2, 0.25) is 0 Å². The number of hydrogen-bond acceptors (Lipinski definition) is 6. The van der Waals surface area contributed by atoms with Gasteiger partial charge in [0.05, 0.1) is 23.6 Å². The number of amides is 1. The topological polar surface area (TPSA) is 102 Å². The van der Waals surface area contributed by atoms with Crippen molar-refractivity contribution in [2.24, 2.45) is 5.92 Å². The van der Waals surface area contributed by atoms with Crippen LogP contribution in [0, 0.1) is 5.92 Å². The number of hydrogen-bond donors (Lipinski definition) is 1. The van der Waals surface area contributed by atoms with Gasteiger partial charge >= 0.3 is 5.97 Å². The molecule has 1 unspecified atom stereocenters. The van der Waals surface area contributed by atoms with Crippen LogP contribution in [-0.2, 0) is 19.6 Å². The third kappa shape index (κ3) is 6.79. The van der Waals surface area contributed by atoms with Crippen LogP contribution in [-0.4, -0.2) is 51.4 Å². The van der Waals surface area contributed by atoms with Crippen molar-refractivity contribution in [3.8, 4) is 5.75 Å². The lowest BCUT2D eigenvalue weighted by molar-refractivity contribution is -0.125. The Balaban J connectivity index is 1.99. The van der Waals surface area contributed by atoms with Gasteiger partial charge in [-0.15, -0.1) is 0 Å². The van der Waals surface area contributed by atoms with Crippen LogP contribution >= 0.6 is 0 Å². The second-order valence-corrected chi connectivity index (χ2v) is 9.69. The fourth-order valence-corrected chi connectivity index (χ4v) is 4.81. The Labute approximate surface area is 195 Å². The highest BCUT2D eigenvalue weighted by atomic mass is 32.2. The van der Waals surface area contributed by atoms with Gasteiger partial charge in [0.15, 0.2) is 6.61 Å². The van der Waals surface area contributed by atoms with Gasteiger partial charge < -0.3 is 14.8 Å². The number of ether oxygens (including phenoxy) is 2. The first-order valence-electron chi connectivity index (χ1n) is 10.8. The molecule has 0 aliphatic rings. The lowest BCUT2D eigenvalue weighted by Crippen LogP contribution is -2.35. The van der Waals surface area contributed by atoms with Gasteiger partial charge in [0.2, 0.25) is 10.0 Å². The number of sulfonamides is 1. The minimum atomic E-state index is -3.61. The highest BCUT2D eigenvalue weighted by molar-refractivity contribution is 7.89. The van der Waals surface area contributed by atoms with E-state index < -0.39 is 28.5 Å². The van der Waals surface area contributed by atoms with Gasteiger partial charge in [-0.1, -0.05) is 39.8 Å². The summed E-state index contributed by atoms with van der Waals surface area (Å²) in [6, 6.07) is 12.6. The van der Waals surface area contributed by atoms with Gasteiger partial charge in [-0.2, -0.15) is 4.31 Å². The number of benzene rings is 2. The molecule has 0 aliphatic carbocycles. The highest BCUT2D eigenvalue weighted by Gasteiger charge is 2.23. The van der Waals surface area contributed by atoms with Gasteiger partial charge in [-0.3, -0.25) is 4.79 Å². The number of nitrogens with one attached hydrogen (secondary N) is 1. The molecule has 1 atom stereocenters. The zero-order chi connectivity index (χ0) is 24.6. The molecule has 0 saturated heterocycles. The summed E-state index contributed by atoms with van der Waals surface area (Å²) in [5, 5.41) is 2.89. The predicted molar refractivity (Wildman–Crippen MR) is 126 cm³/mol. The molecule has 0 spiro atoms. The monoisotopic (exact) mass is 476 g/mol. The molecule has 0 radical (unpaired) electrons. The number of methoxy groups -OCH3 is 1. The van der Waals surface area contributed by atoms with Gasteiger partial charge in [0.25, 0.3) is 5.91 Å². The molecule has 2 rings (SSSR count). The predicted octanol–water partition coefficient (Wildman–Crippen LogP) is 3.40. The summed E-state index contributed by atoms with van der Waals surface area (Å²) in [6.07, 6.45) is 0. The van der Waals surface area contributed by atoms with Crippen LogP contribution in [0.25, 0.3) is 0 Å². The van der Waals surface area contributed by atoms with Crippen molar-refractivity contribution in [1.82, 2.24) is 9.62 Å². The molecule has 0 aromatic heterocycles. The molecule has 0 saturated carbocycles. The Morgan fingerprint density at radius 3 is 2.03 bits per heavy atom. The van der Waals surface area contributed by atoms with E-state index >= 15 is 0 Å². The SMILES string of the molecule is CCN(CC)S(=O)(=O)c1ccc(C(=O)OCC(=O)NC(c2ccc(OC)cc2)C(C)C)cc1. The Bertz CT molecular complexity index is 1030. The normalized spacial score (nSPS) is 12.5. The molecule has 9 heteroatoms. The maximum atomic E-state index is 12.6. The van der Waals surface area contributed by atoms with E-state index in [0.29, 0.717) is 13.1 Å². The number of nitrogens with zero attached hydrogens (tertiary/aromatic N) is 1. The summed E-state index contributed by atoms with van der Waals surface area (Å²) in [5.74, 6) is -0.308. The van der Waals surface area contributed by atoms with Crippen molar-refractivity contribution in [2.75, 3.05) is 26.8 Å². The van der Waals surface area contributed by atoms with E-state index in [9.17, 15) is 18.0 Å². The van der Waals surface area contributed by atoms with Crippen molar-refractivity contribution in [3.63, 3.8) is 0 Å². The third-order valence-electron chi connectivity index (χ3n) is 5.23. The Hall–Kier alpha value is -2.91. The number of carbonyl (C=O) groups is 2. The van der Waals surface area contributed by atoms with Crippen LogP contribution in [0.4, 0.5) is 0 Å². The third-order valence-corrected chi connectivity index (χ3v) is 7.29. The lowest BCUT2D eigenvalue weighted by atomic mass is 9.96. The van der Waals surface area contributed by atoms with Crippen LogP contribution in [0.15, 0.2) is 53.4 Å². The molecule has 0 aliphatic heterocycles. The van der Waals surface area contributed by atoms with E-state index in [0.717, 1.165) is 11.3 Å². The molecule has 180 valence electrons. The second kappa shape index (κ2) is 11.8. The molecule has 1 N–H and O–H groups in total. The van der Waals surface area contributed by atoms with Gasteiger partial charge in [0.1, 0.15) is 5.75 Å². The summed E-state index contributed by atoms with van der Waals surface area (Å²) < 4.78 is 36.7. The molecule has 0 bridgehead atoms. The van der Waals surface area contributed by atoms with Gasteiger partial charge in [0, 0.05) is 13.1 Å². The molecule has 0 heterocycles. The smallest absolute Gasteiger partial charge is 0.338 e. The molecule has 1 amide bonds. The van der Waals surface area contributed by atoms with E-state index in [1.165, 1.54) is 28.6 Å². The zero-order valence-electron chi connectivity index (χ0n) is 19.7. The fraction of sp³-hybridized carbons (Fsp3) is 0.417. The maximum Gasteiger partial charge on any atom is 0.338 e. The number of carbonyl (C=O) groups excluding carboxylic acids is 2. The second-order valence-electron chi connectivity index (χ2n) is 7.75. The Kier molecular flexibility index (Phi) is 9.43. The molecule has 8 nitrogen and oxygen atoms in total. The molecule has 0 fully saturated rings. The molecule has 33 heavy (non-hydrogen) atoms. The Morgan fingerprint density at radius 1 is 0.970 bits per heavy atom. The number of rotatable bonds is 11. The first kappa shape index (κ1) is 26.3. The first-order chi connectivity index (χ1) is 15.6. The standard InChI is InChI=1S/C24H32N2O6S/c1-6-26(7-2)33(29,30)21-14-10-19(11-15-21)24(28)32-16-22(27)25-23(17(3)4)18-8-12-20(31-5)13-9-18/h8-15,17,23H,6-7,16H2,1-5H3,(H,25,27). The van der Waals surface area contributed by atoms with E-state index in [-0.39, 0.29) is 22.4 Å². The molecular formula is C24H32N2O6S. The molecule has 2 aromatic carbocycles. The van der Waals surface area contributed by atoms with Crippen molar-refractivity contribution >= 4 is 21.9 Å². The van der Waals surface area contributed by atoms with Crippen molar-refractivity contribution in [3.05, 3.63) is 59.7 Å². The Morgan fingerprint density at radius 2 is 1.55 bits per heavy atom. The average Bonchev–Trinajstić information content (AvgIpc) is 2.81. The summed E-state index contributed by atoms with van der Waals surface area (Å²) in [6.45, 7) is 7.74. The van der Waals surface area contributed by atoms with Gasteiger partial charge in [-0.05, 0) is 47.9 Å². The van der Waals surface area contributed by atoms with Crippen LogP contribution in [0.1, 0.15) is 49.7 Å². The minimum Gasteiger partial charge on any atom is -0.497 e. The maximum absolute atomic E-state index is 12.6. The van der Waals surface area contributed by atoms with Crippen LogP contribution in [0.5, 0.6) is 5.75 Å². The first-order valence-corrected chi connectivity index (χ1v) is 12.3. The van der Waals surface area contributed by atoms with Crippen molar-refractivity contribution in [2.45, 2.75) is 38.6 Å². The fourth-order valence-electron chi connectivity index (χ4n) is 3.35. The summed E-state index contributed by atoms with van der Waals surface area (Å²) >= 11 is 0. The van der Waals surface area contributed by atoms with Gasteiger partial charge in [-0.25, -0.2) is 13.2 Å². The molecular weight excluding hydrogens is 444 g/mol. The van der Waals surface area contributed by atoms with E-state index in [4.69, 9.17) is 9.47 Å². The quantitative estimate of drug-likeness (QED) is 0.499. The van der Waals surface area contributed by atoms with E-state index in [1.807, 2.05) is 38.1 Å². The zero-order valence-corrected chi connectivity index (χ0v) is 20.5. The largest absolute Gasteiger partial charge is 0.497 e. The minimum absolute atomic E-state index is 0.0970. The average molecular weight is 477 g/mol. The number of esters is 1. The van der Waals surface area contributed by atoms with Crippen LogP contribution < -0.4 is 10.1 Å². The lowest BCUT2D eigenvalue weighted by Gasteiger charge is -2.23. The van der Waals surface area contributed by atoms with E-state index in [2.05, 4.69) is 5.32 Å². The van der Waals surface area contributed by atoms with Crippen LogP contribution in [0.3, 0.4) is 0 Å². The summed E-state index contributed by atoms with van der Waals surface area (Å²) in [7, 11) is -2.03. The van der Waals surface area contributed by atoms with Crippen molar-refractivity contribution in [1.29, 1.82) is 0 Å². The highest BCUT2D eigenvalue weighted by Crippen LogP contribution is 2.24. The van der Waals surface area contributed by atoms with Crippen molar-refractivity contribution < 1.29 is 27.5 Å². The van der Waals surface area contributed by atoms with E-state index in [1.54, 1.807) is 21.0 Å². The summed E-state index contributed by atoms with van der Waals surface area (Å²) in [5.41, 5.74) is 1.08. The molecule has 2 aromatic rings.